The average molecular weight is 1000 g/mol. The van der Waals surface area contributed by atoms with E-state index >= 15 is 0 Å². The highest BCUT2D eigenvalue weighted by atomic mass is 15.2. The van der Waals surface area contributed by atoms with Crippen LogP contribution in [0.25, 0.3) is 87.3 Å². The lowest BCUT2D eigenvalue weighted by molar-refractivity contribution is 0.686. The maximum Gasteiger partial charge on any atom is 0.0561 e. The molecular weight excluding hydrogens is 945 g/mol. The second-order valence-corrected chi connectivity index (χ2v) is 22.3. The van der Waals surface area contributed by atoms with Gasteiger partial charge >= 0.3 is 0 Å². The lowest BCUT2D eigenvalue weighted by Crippen LogP contribution is -2.16. The zero-order valence-electron chi connectivity index (χ0n) is 44.2. The molecule has 0 unspecified atom stereocenters. The van der Waals surface area contributed by atoms with Crippen molar-refractivity contribution in [3.63, 3.8) is 0 Å². The van der Waals surface area contributed by atoms with Crippen LogP contribution in [0.15, 0.2) is 218 Å². The first kappa shape index (κ1) is 45.1. The molecule has 0 bridgehead atoms. The number of anilines is 6. The Hall–Kier alpha value is -9.12. The Balaban J connectivity index is 0.947. The van der Waals surface area contributed by atoms with E-state index in [1.807, 2.05) is 0 Å². The van der Waals surface area contributed by atoms with E-state index in [-0.39, 0.29) is 0 Å². The SMILES string of the molecule is Cc1cccc(-n2c3ccccc3c3ccc(N(c4cccc5c4CCCC5)c4ccc5ccc6c(N(c7ccc8c9ccccc9n(-c9cccc(C)c9)c8c7)c7cccc8c7CCCC8)ccc7ccc4c5c76)cc32)c1. The van der Waals surface area contributed by atoms with E-state index in [4.69, 9.17) is 0 Å². The number of hydrogen-bond acceptors (Lipinski definition) is 2. The maximum absolute atomic E-state index is 2.61. The summed E-state index contributed by atoms with van der Waals surface area (Å²) in [5, 5.41) is 12.7. The first-order chi connectivity index (χ1) is 38.5. The van der Waals surface area contributed by atoms with Crippen LogP contribution in [-0.4, -0.2) is 9.13 Å². The van der Waals surface area contributed by atoms with Gasteiger partial charge in [0.25, 0.3) is 0 Å². The van der Waals surface area contributed by atoms with Crippen molar-refractivity contribution in [2.24, 2.45) is 0 Å². The van der Waals surface area contributed by atoms with Crippen LogP contribution in [0.5, 0.6) is 0 Å². The highest BCUT2D eigenvalue weighted by Crippen LogP contribution is 2.51. The van der Waals surface area contributed by atoms with Gasteiger partial charge in [0.2, 0.25) is 0 Å². The van der Waals surface area contributed by atoms with Crippen LogP contribution in [0, 0.1) is 13.8 Å². The number of aromatic nitrogens is 2. The largest absolute Gasteiger partial charge is 0.310 e. The fraction of sp³-hybridized carbons (Fsp3) is 0.135. The molecule has 374 valence electrons. The quantitative estimate of drug-likeness (QED) is 0.141. The summed E-state index contributed by atoms with van der Waals surface area (Å²) >= 11 is 0. The number of hydrogen-bond donors (Lipinski definition) is 0. The molecule has 4 heteroatoms. The van der Waals surface area contributed by atoms with Crippen LogP contribution in [0.4, 0.5) is 34.1 Å². The van der Waals surface area contributed by atoms with Gasteiger partial charge in [-0.1, -0.05) is 133 Å². The molecule has 2 aromatic heterocycles. The van der Waals surface area contributed by atoms with E-state index in [1.165, 1.54) is 169 Å². The highest BCUT2D eigenvalue weighted by Gasteiger charge is 2.28. The Labute approximate surface area is 455 Å². The van der Waals surface area contributed by atoms with E-state index in [2.05, 4.69) is 251 Å². The Bertz CT molecular complexity index is 4440. The van der Waals surface area contributed by atoms with E-state index in [0.717, 1.165) is 37.1 Å². The zero-order chi connectivity index (χ0) is 51.6. The minimum Gasteiger partial charge on any atom is -0.310 e. The lowest BCUT2D eigenvalue weighted by Gasteiger charge is -2.33. The van der Waals surface area contributed by atoms with Crippen LogP contribution < -0.4 is 9.80 Å². The molecule has 78 heavy (non-hydrogen) atoms. The van der Waals surface area contributed by atoms with E-state index in [1.54, 1.807) is 0 Å². The molecule has 0 saturated heterocycles. The van der Waals surface area contributed by atoms with Crippen molar-refractivity contribution in [3.05, 3.63) is 252 Å². The Morgan fingerprint density at radius 1 is 0.308 bits per heavy atom. The van der Waals surface area contributed by atoms with Crippen molar-refractivity contribution in [1.82, 2.24) is 9.13 Å². The van der Waals surface area contributed by atoms with Gasteiger partial charge in [-0.25, -0.2) is 0 Å². The smallest absolute Gasteiger partial charge is 0.0561 e. The van der Waals surface area contributed by atoms with Gasteiger partial charge in [0, 0.05) is 66.4 Å². The second-order valence-electron chi connectivity index (χ2n) is 22.3. The molecule has 0 saturated carbocycles. The molecule has 2 heterocycles. The predicted octanol–water partition coefficient (Wildman–Crippen LogP) is 20.1. The Morgan fingerprint density at radius 2 is 0.718 bits per heavy atom. The van der Waals surface area contributed by atoms with Gasteiger partial charge in [-0.2, -0.15) is 0 Å². The topological polar surface area (TPSA) is 16.3 Å². The van der Waals surface area contributed by atoms with Gasteiger partial charge in [-0.05, 0) is 205 Å². The van der Waals surface area contributed by atoms with Gasteiger partial charge in [0.1, 0.15) is 0 Å². The Morgan fingerprint density at radius 3 is 1.19 bits per heavy atom. The normalized spacial score (nSPS) is 13.6. The van der Waals surface area contributed by atoms with Gasteiger partial charge < -0.3 is 18.9 Å². The van der Waals surface area contributed by atoms with Gasteiger partial charge in [-0.15, -0.1) is 0 Å². The molecular formula is C74H58N4. The lowest BCUT2D eigenvalue weighted by atomic mass is 9.88. The average Bonchev–Trinajstić information content (AvgIpc) is 4.09. The highest BCUT2D eigenvalue weighted by molar-refractivity contribution is 6.28. The number of para-hydroxylation sites is 2. The van der Waals surface area contributed by atoms with Crippen molar-refractivity contribution < 1.29 is 0 Å². The summed E-state index contributed by atoms with van der Waals surface area (Å²) in [7, 11) is 0. The van der Waals surface area contributed by atoms with Gasteiger partial charge in [0.05, 0.1) is 33.4 Å². The number of aryl methyl sites for hydroxylation is 4. The van der Waals surface area contributed by atoms with Gasteiger partial charge in [0.15, 0.2) is 0 Å². The molecule has 0 radical (unpaired) electrons. The van der Waals surface area contributed by atoms with Crippen LogP contribution >= 0.6 is 0 Å². The van der Waals surface area contributed by atoms with Crippen molar-refractivity contribution in [2.75, 3.05) is 9.80 Å². The van der Waals surface area contributed by atoms with Crippen molar-refractivity contribution in [2.45, 2.75) is 65.2 Å². The second kappa shape index (κ2) is 17.7. The molecule has 4 nitrogen and oxygen atoms in total. The van der Waals surface area contributed by atoms with Crippen molar-refractivity contribution in [1.29, 1.82) is 0 Å². The summed E-state index contributed by atoms with van der Waals surface area (Å²) in [4.78, 5) is 5.22. The fourth-order valence-electron chi connectivity index (χ4n) is 14.2. The summed E-state index contributed by atoms with van der Waals surface area (Å²) in [6.45, 7) is 4.39. The van der Waals surface area contributed by atoms with E-state index in [0.29, 0.717) is 0 Å². The molecule has 16 rings (SSSR count). The third kappa shape index (κ3) is 6.92. The summed E-state index contributed by atoms with van der Waals surface area (Å²) in [6.07, 6.45) is 9.21. The van der Waals surface area contributed by atoms with Crippen molar-refractivity contribution in [3.8, 4) is 11.4 Å². The summed E-state index contributed by atoms with van der Waals surface area (Å²) in [6, 6.07) is 83.4. The predicted molar refractivity (Wildman–Crippen MR) is 331 cm³/mol. The number of fused-ring (bicyclic) bond motifs is 8. The first-order valence-electron chi connectivity index (χ1n) is 28.3. The number of rotatable bonds is 8. The van der Waals surface area contributed by atoms with E-state index in [9.17, 15) is 0 Å². The summed E-state index contributed by atoms with van der Waals surface area (Å²) in [5.74, 6) is 0. The maximum atomic E-state index is 2.61. The standard InChI is InChI=1S/C74H58N4/c1-47-15-11-21-53(43-47)77-67-27-9-7-25-59(67)61-39-35-55(45-71(61)77)75(65-29-13-19-49-17-3-5-23-57(49)65)69-41-33-51-32-38-64-70(42-34-52-31-37-63(69)73(51)74(52)64)76(66-30-14-20-50-18-4-6-24-58(50)66)56-36-40-62-60-26-8-10-28-68(60)78(72(62)46-56)54-22-12-16-48(2)44-54/h7-16,19-22,25-46H,3-6,17-18,23-24H2,1-2H3. The monoisotopic (exact) mass is 1000 g/mol. The molecule has 0 atom stereocenters. The molecule has 0 spiro atoms. The molecule has 0 N–H and O–H groups in total. The van der Waals surface area contributed by atoms with Crippen LogP contribution in [0.2, 0.25) is 0 Å². The summed E-state index contributed by atoms with van der Waals surface area (Å²) in [5.41, 5.74) is 22.9. The molecule has 2 aliphatic carbocycles. The molecule has 2 aliphatic rings. The number of benzene rings is 12. The minimum absolute atomic E-state index is 1.07. The molecule has 12 aromatic carbocycles. The zero-order valence-corrected chi connectivity index (χ0v) is 44.2. The molecule has 0 aliphatic heterocycles. The minimum atomic E-state index is 1.07. The Kier molecular flexibility index (Phi) is 10.3. The van der Waals surface area contributed by atoms with Crippen LogP contribution in [-0.2, 0) is 25.7 Å². The molecule has 0 fully saturated rings. The summed E-state index contributed by atoms with van der Waals surface area (Å²) < 4.78 is 4.95. The first-order valence-corrected chi connectivity index (χ1v) is 28.3. The molecule has 0 amide bonds. The van der Waals surface area contributed by atoms with Crippen molar-refractivity contribution >= 4 is 110 Å². The van der Waals surface area contributed by atoms with Crippen LogP contribution in [0.3, 0.4) is 0 Å². The van der Waals surface area contributed by atoms with Crippen LogP contribution in [0.1, 0.15) is 59.1 Å². The molecule has 14 aromatic rings. The fourth-order valence-corrected chi connectivity index (χ4v) is 14.2. The van der Waals surface area contributed by atoms with E-state index < -0.39 is 0 Å². The third-order valence-electron chi connectivity index (χ3n) is 17.7. The third-order valence-corrected chi connectivity index (χ3v) is 17.7. The number of nitrogens with zero attached hydrogens (tertiary/aromatic N) is 4. The van der Waals surface area contributed by atoms with Gasteiger partial charge in [-0.3, -0.25) is 0 Å².